The van der Waals surface area contributed by atoms with Crippen LogP contribution in [0.5, 0.6) is 0 Å². The van der Waals surface area contributed by atoms with Crippen LogP contribution in [0.3, 0.4) is 0 Å². The molecule has 0 bridgehead atoms. The SMILES string of the molecule is O=S(=O)(O)c1ccc2c(ccc3nn(-c4ccc(N=Nc5ccc(C=Cc6ccc(-n7nc8ccc9ccccc9c8n7)cc6SOOO)c(S(=O)(=O)O)c5)cc4)nc32)c1. The van der Waals surface area contributed by atoms with Gasteiger partial charge in [-0.3, -0.25) is 9.11 Å². The molecule has 7 aromatic carbocycles. The van der Waals surface area contributed by atoms with Crippen molar-refractivity contribution in [2.45, 2.75) is 14.7 Å². The number of azo groups is 1. The third-order valence-corrected chi connectivity index (χ3v) is 11.8. The molecule has 2 heterocycles. The Morgan fingerprint density at radius 1 is 0.583 bits per heavy atom. The predicted molar refractivity (Wildman–Crippen MR) is 223 cm³/mol. The van der Waals surface area contributed by atoms with Gasteiger partial charge in [0.1, 0.15) is 27.0 Å². The molecule has 2 aromatic heterocycles. The number of benzene rings is 7. The minimum Gasteiger partial charge on any atom is -0.282 e. The zero-order valence-electron chi connectivity index (χ0n) is 30.4. The first-order chi connectivity index (χ1) is 28.9. The molecule has 0 radical (unpaired) electrons. The molecule has 17 nitrogen and oxygen atoms in total. The Bertz CT molecular complexity index is 3450. The van der Waals surface area contributed by atoms with E-state index in [1.165, 1.54) is 46.0 Å². The lowest BCUT2D eigenvalue weighted by molar-refractivity contribution is -0.432. The van der Waals surface area contributed by atoms with Crippen molar-refractivity contribution in [3.05, 3.63) is 139 Å². The first-order valence-corrected chi connectivity index (χ1v) is 21.2. The van der Waals surface area contributed by atoms with Crippen molar-refractivity contribution in [1.82, 2.24) is 30.0 Å². The summed E-state index contributed by atoms with van der Waals surface area (Å²) in [5.74, 6) is 0. The zero-order chi connectivity index (χ0) is 41.6. The molecule has 0 atom stereocenters. The minimum absolute atomic E-state index is 0.147. The van der Waals surface area contributed by atoms with Gasteiger partial charge in [-0.1, -0.05) is 71.8 Å². The van der Waals surface area contributed by atoms with Crippen LogP contribution >= 0.6 is 12.0 Å². The van der Waals surface area contributed by atoms with E-state index in [9.17, 15) is 25.9 Å². The smallest absolute Gasteiger partial charge is 0.282 e. The molecular formula is C40H26N8O9S3. The average Bonchev–Trinajstić information content (AvgIpc) is 3.90. The number of fused-ring (bicyclic) bond motifs is 6. The Morgan fingerprint density at radius 2 is 1.20 bits per heavy atom. The fourth-order valence-corrected chi connectivity index (χ4v) is 8.25. The molecule has 0 fully saturated rings. The van der Waals surface area contributed by atoms with Crippen molar-refractivity contribution in [2.75, 3.05) is 0 Å². The number of aromatic nitrogens is 6. The molecule has 0 spiro atoms. The summed E-state index contributed by atoms with van der Waals surface area (Å²) in [6.07, 6.45) is 3.08. The Labute approximate surface area is 343 Å². The van der Waals surface area contributed by atoms with Gasteiger partial charge in [-0.05, 0) is 94.7 Å². The summed E-state index contributed by atoms with van der Waals surface area (Å²) < 4.78 is 72.6. The highest BCUT2D eigenvalue weighted by Gasteiger charge is 2.17. The second-order valence-corrected chi connectivity index (χ2v) is 16.7. The molecule has 0 aliphatic heterocycles. The van der Waals surface area contributed by atoms with Crippen molar-refractivity contribution in [3.63, 3.8) is 0 Å². The van der Waals surface area contributed by atoms with Gasteiger partial charge in [-0.15, -0.1) is 24.7 Å². The first kappa shape index (κ1) is 38.8. The van der Waals surface area contributed by atoms with Gasteiger partial charge in [0.05, 0.1) is 39.7 Å². The van der Waals surface area contributed by atoms with E-state index in [4.69, 9.17) is 14.7 Å². The van der Waals surface area contributed by atoms with Crippen LogP contribution < -0.4 is 0 Å². The van der Waals surface area contributed by atoms with Gasteiger partial charge in [0.2, 0.25) is 0 Å². The molecule has 0 saturated carbocycles. The molecule has 0 unspecified atom stereocenters. The summed E-state index contributed by atoms with van der Waals surface area (Å²) in [5.41, 5.74) is 4.92. The van der Waals surface area contributed by atoms with E-state index in [2.05, 4.69) is 30.6 Å². The predicted octanol–water partition coefficient (Wildman–Crippen LogP) is 8.97. The van der Waals surface area contributed by atoms with Crippen molar-refractivity contribution in [1.29, 1.82) is 0 Å². The van der Waals surface area contributed by atoms with Gasteiger partial charge in [-0.2, -0.15) is 36.7 Å². The van der Waals surface area contributed by atoms with Crippen LogP contribution in [0.2, 0.25) is 0 Å². The Hall–Kier alpha value is -6.75. The van der Waals surface area contributed by atoms with E-state index in [-0.39, 0.29) is 16.1 Å². The van der Waals surface area contributed by atoms with Gasteiger partial charge in [-0.25, -0.2) is 5.26 Å². The fraction of sp³-hybridized carbons (Fsp3) is 0. The molecule has 20 heteroatoms. The lowest BCUT2D eigenvalue weighted by Gasteiger charge is -2.08. The topological polar surface area (TPSA) is 234 Å². The van der Waals surface area contributed by atoms with Crippen LogP contribution in [-0.4, -0.2) is 61.2 Å². The highest BCUT2D eigenvalue weighted by molar-refractivity contribution is 7.94. The van der Waals surface area contributed by atoms with Crippen LogP contribution in [0.25, 0.3) is 67.1 Å². The van der Waals surface area contributed by atoms with Gasteiger partial charge >= 0.3 is 0 Å². The summed E-state index contributed by atoms with van der Waals surface area (Å²) in [6, 6.07) is 35.4. The highest BCUT2D eigenvalue weighted by atomic mass is 32.2. The maximum atomic E-state index is 12.5. The maximum Gasteiger partial charge on any atom is 0.295 e. The van der Waals surface area contributed by atoms with Crippen molar-refractivity contribution in [2.24, 2.45) is 10.2 Å². The maximum absolute atomic E-state index is 12.5. The lowest BCUT2D eigenvalue weighted by atomic mass is 10.1. The third-order valence-electron chi connectivity index (χ3n) is 9.37. The summed E-state index contributed by atoms with van der Waals surface area (Å²) in [5, 5.41) is 42.7. The number of rotatable bonds is 11. The van der Waals surface area contributed by atoms with E-state index in [0.717, 1.165) is 16.3 Å². The van der Waals surface area contributed by atoms with Gasteiger partial charge in [0.25, 0.3) is 20.2 Å². The third kappa shape index (κ3) is 7.75. The van der Waals surface area contributed by atoms with Gasteiger partial charge in [0, 0.05) is 15.7 Å². The van der Waals surface area contributed by atoms with E-state index in [0.29, 0.717) is 66.9 Å². The summed E-state index contributed by atoms with van der Waals surface area (Å²) in [4.78, 5) is 2.70. The standard InChI is InChI=1S/C40H26N8O9S3/c49-56-57-58-37-23-31(48-44-35-19-9-24-3-1-2-4-33(24)39(35)46-48)14-8-25(37)5-6-26-7-11-29(22-38(26)60(53,54)55)42-41-28-12-15-30(16-13-28)47-43-36-20-10-27-21-32(59(50,51)52)17-18-34(27)40(36)45-47/h1-23,49H,(H,50,51,52)(H,53,54,55). The van der Waals surface area contributed by atoms with Crippen molar-refractivity contribution in [3.8, 4) is 11.4 Å². The fourth-order valence-electron chi connectivity index (χ4n) is 6.53. The summed E-state index contributed by atoms with van der Waals surface area (Å²) in [7, 11) is -9.09. The van der Waals surface area contributed by atoms with Crippen LogP contribution in [0.15, 0.2) is 152 Å². The highest BCUT2D eigenvalue weighted by Crippen LogP contribution is 2.32. The number of hydrogen-bond donors (Lipinski definition) is 3. The zero-order valence-corrected chi connectivity index (χ0v) is 32.8. The van der Waals surface area contributed by atoms with Crippen molar-refractivity contribution < 1.29 is 40.6 Å². The van der Waals surface area contributed by atoms with Crippen LogP contribution in [-0.2, 0) is 29.6 Å². The number of nitrogens with zero attached hydrogens (tertiary/aromatic N) is 8. The molecule has 0 aliphatic rings. The average molecular weight is 859 g/mol. The quantitative estimate of drug-likeness (QED) is 0.0275. The number of hydrogen-bond acceptors (Lipinski definition) is 14. The molecular weight excluding hydrogens is 833 g/mol. The van der Waals surface area contributed by atoms with Crippen LogP contribution in [0.1, 0.15) is 11.1 Å². The van der Waals surface area contributed by atoms with Crippen LogP contribution in [0, 0.1) is 0 Å². The molecule has 298 valence electrons. The monoisotopic (exact) mass is 858 g/mol. The molecule has 9 aromatic rings. The molecule has 3 N–H and O–H groups in total. The first-order valence-electron chi connectivity index (χ1n) is 17.5. The summed E-state index contributed by atoms with van der Waals surface area (Å²) in [6.45, 7) is 0. The van der Waals surface area contributed by atoms with E-state index in [1.807, 2.05) is 36.4 Å². The Balaban J connectivity index is 0.953. The normalized spacial score (nSPS) is 12.6. The molecule has 0 saturated heterocycles. The van der Waals surface area contributed by atoms with Gasteiger partial charge in [0.15, 0.2) is 0 Å². The second-order valence-electron chi connectivity index (χ2n) is 13.1. The molecule has 9 rings (SSSR count). The summed E-state index contributed by atoms with van der Waals surface area (Å²) >= 11 is 0.699. The molecule has 60 heavy (non-hydrogen) atoms. The second kappa shape index (κ2) is 15.4. The van der Waals surface area contributed by atoms with Gasteiger partial charge < -0.3 is 0 Å². The van der Waals surface area contributed by atoms with Crippen molar-refractivity contribution >= 4 is 99.4 Å². The minimum atomic E-state index is -4.72. The Kier molecular flexibility index (Phi) is 9.98. The van der Waals surface area contributed by atoms with Crippen LogP contribution in [0.4, 0.5) is 11.4 Å². The van der Waals surface area contributed by atoms with E-state index >= 15 is 0 Å². The lowest BCUT2D eigenvalue weighted by Crippen LogP contribution is -2.00. The largest absolute Gasteiger partial charge is 0.295 e. The van der Waals surface area contributed by atoms with E-state index < -0.39 is 25.1 Å². The van der Waals surface area contributed by atoms with E-state index in [1.54, 1.807) is 66.7 Å². The Morgan fingerprint density at radius 3 is 1.92 bits per heavy atom. The molecule has 0 amide bonds. The molecule has 0 aliphatic carbocycles.